The molecule has 0 bridgehead atoms. The molecule has 0 aliphatic rings. The number of pyridine rings is 1. The standard InChI is InChI=1S/C15H18N2S/c1-11-5-4-6-14(7-11)18-15-12(2)8-13(9-16-3)10-17-15/h4-8,10,16H,9H2,1-3H3. The van der Waals surface area contributed by atoms with Gasteiger partial charge in [-0.1, -0.05) is 35.5 Å². The molecule has 1 aromatic carbocycles. The van der Waals surface area contributed by atoms with Crippen molar-refractivity contribution in [1.82, 2.24) is 10.3 Å². The van der Waals surface area contributed by atoms with Crippen molar-refractivity contribution < 1.29 is 0 Å². The summed E-state index contributed by atoms with van der Waals surface area (Å²) in [5, 5.41) is 4.22. The second kappa shape index (κ2) is 6.03. The van der Waals surface area contributed by atoms with Crippen LogP contribution >= 0.6 is 11.8 Å². The van der Waals surface area contributed by atoms with Crippen LogP contribution in [0.25, 0.3) is 0 Å². The third kappa shape index (κ3) is 3.34. The van der Waals surface area contributed by atoms with Crippen LogP contribution in [0.15, 0.2) is 46.5 Å². The van der Waals surface area contributed by atoms with Crippen molar-refractivity contribution in [2.24, 2.45) is 0 Å². The van der Waals surface area contributed by atoms with E-state index in [1.54, 1.807) is 11.8 Å². The first-order valence-corrected chi connectivity index (χ1v) is 6.85. The lowest BCUT2D eigenvalue weighted by Gasteiger charge is -2.07. The van der Waals surface area contributed by atoms with Crippen LogP contribution in [0.5, 0.6) is 0 Å². The highest BCUT2D eigenvalue weighted by Crippen LogP contribution is 2.29. The molecule has 2 rings (SSSR count). The van der Waals surface area contributed by atoms with E-state index in [0.717, 1.165) is 11.6 Å². The molecule has 1 aromatic heterocycles. The number of aromatic nitrogens is 1. The molecule has 0 fully saturated rings. The molecule has 0 aliphatic carbocycles. The van der Waals surface area contributed by atoms with Gasteiger partial charge in [-0.25, -0.2) is 4.98 Å². The summed E-state index contributed by atoms with van der Waals surface area (Å²) >= 11 is 1.72. The molecule has 3 heteroatoms. The molecule has 0 saturated carbocycles. The smallest absolute Gasteiger partial charge is 0.104 e. The highest BCUT2D eigenvalue weighted by molar-refractivity contribution is 7.99. The summed E-state index contributed by atoms with van der Waals surface area (Å²) in [6.07, 6.45) is 1.95. The third-order valence-corrected chi connectivity index (χ3v) is 3.78. The van der Waals surface area contributed by atoms with Gasteiger partial charge in [0.1, 0.15) is 5.03 Å². The Morgan fingerprint density at radius 2 is 2.06 bits per heavy atom. The van der Waals surface area contributed by atoms with Crippen molar-refractivity contribution in [2.75, 3.05) is 7.05 Å². The summed E-state index contributed by atoms with van der Waals surface area (Å²) in [5.41, 5.74) is 3.74. The van der Waals surface area contributed by atoms with Gasteiger partial charge in [-0.05, 0) is 44.2 Å². The van der Waals surface area contributed by atoms with Crippen molar-refractivity contribution in [3.63, 3.8) is 0 Å². The average Bonchev–Trinajstić information content (AvgIpc) is 2.33. The zero-order chi connectivity index (χ0) is 13.0. The fourth-order valence-electron chi connectivity index (χ4n) is 1.82. The Kier molecular flexibility index (Phi) is 4.39. The molecule has 0 spiro atoms. The Bertz CT molecular complexity index is 538. The fraction of sp³-hybridized carbons (Fsp3) is 0.267. The van der Waals surface area contributed by atoms with E-state index in [1.165, 1.54) is 21.6 Å². The minimum Gasteiger partial charge on any atom is -0.316 e. The van der Waals surface area contributed by atoms with Crippen LogP contribution in [0, 0.1) is 13.8 Å². The van der Waals surface area contributed by atoms with Gasteiger partial charge in [-0.15, -0.1) is 0 Å². The first-order valence-electron chi connectivity index (χ1n) is 6.03. The molecule has 18 heavy (non-hydrogen) atoms. The molecule has 0 saturated heterocycles. The Morgan fingerprint density at radius 3 is 2.72 bits per heavy atom. The van der Waals surface area contributed by atoms with Gasteiger partial charge in [0.15, 0.2) is 0 Å². The van der Waals surface area contributed by atoms with Crippen molar-refractivity contribution >= 4 is 11.8 Å². The van der Waals surface area contributed by atoms with Gasteiger partial charge < -0.3 is 5.32 Å². The van der Waals surface area contributed by atoms with E-state index in [0.29, 0.717) is 0 Å². The summed E-state index contributed by atoms with van der Waals surface area (Å²) in [6.45, 7) is 5.09. The number of benzene rings is 1. The summed E-state index contributed by atoms with van der Waals surface area (Å²) < 4.78 is 0. The summed E-state index contributed by atoms with van der Waals surface area (Å²) in [6, 6.07) is 10.7. The normalized spacial score (nSPS) is 10.6. The van der Waals surface area contributed by atoms with E-state index in [1.807, 2.05) is 13.2 Å². The maximum absolute atomic E-state index is 4.54. The van der Waals surface area contributed by atoms with Gasteiger partial charge in [0.2, 0.25) is 0 Å². The Labute approximate surface area is 113 Å². The van der Waals surface area contributed by atoms with Gasteiger partial charge in [-0.2, -0.15) is 0 Å². The van der Waals surface area contributed by atoms with E-state index in [4.69, 9.17) is 0 Å². The average molecular weight is 258 g/mol. The van der Waals surface area contributed by atoms with E-state index in [-0.39, 0.29) is 0 Å². The van der Waals surface area contributed by atoms with Gasteiger partial charge >= 0.3 is 0 Å². The predicted molar refractivity (Wildman–Crippen MR) is 77.0 cm³/mol. The molecule has 94 valence electrons. The molecule has 1 N–H and O–H groups in total. The quantitative estimate of drug-likeness (QED) is 0.907. The largest absolute Gasteiger partial charge is 0.316 e. The first kappa shape index (κ1) is 13.1. The summed E-state index contributed by atoms with van der Waals surface area (Å²) in [7, 11) is 1.95. The monoisotopic (exact) mass is 258 g/mol. The second-order valence-corrected chi connectivity index (χ2v) is 5.48. The molecule has 0 atom stereocenters. The molecule has 0 radical (unpaired) electrons. The van der Waals surface area contributed by atoms with E-state index in [2.05, 4.69) is 54.5 Å². The second-order valence-electron chi connectivity index (χ2n) is 4.41. The minimum atomic E-state index is 0.864. The van der Waals surface area contributed by atoms with Crippen molar-refractivity contribution in [3.8, 4) is 0 Å². The number of hydrogen-bond donors (Lipinski definition) is 1. The molecule has 0 amide bonds. The maximum Gasteiger partial charge on any atom is 0.104 e. The minimum absolute atomic E-state index is 0.864. The SMILES string of the molecule is CNCc1cnc(Sc2cccc(C)c2)c(C)c1. The number of aryl methyl sites for hydroxylation is 2. The molecule has 2 aromatic rings. The maximum atomic E-state index is 4.54. The van der Waals surface area contributed by atoms with Crippen LogP contribution in [0.4, 0.5) is 0 Å². The molecular formula is C15H18N2S. The first-order chi connectivity index (χ1) is 8.69. The zero-order valence-corrected chi connectivity index (χ0v) is 11.8. The molecule has 1 heterocycles. The Morgan fingerprint density at radius 1 is 1.22 bits per heavy atom. The number of hydrogen-bond acceptors (Lipinski definition) is 3. The molecular weight excluding hydrogens is 240 g/mol. The Balaban J connectivity index is 2.19. The topological polar surface area (TPSA) is 24.9 Å². The van der Waals surface area contributed by atoms with Gasteiger partial charge in [-0.3, -0.25) is 0 Å². The van der Waals surface area contributed by atoms with E-state index < -0.39 is 0 Å². The van der Waals surface area contributed by atoms with Crippen molar-refractivity contribution in [3.05, 3.63) is 53.2 Å². The van der Waals surface area contributed by atoms with Gasteiger partial charge in [0.25, 0.3) is 0 Å². The molecule has 0 unspecified atom stereocenters. The predicted octanol–water partition coefficient (Wildman–Crippen LogP) is 3.57. The number of nitrogens with one attached hydrogen (secondary N) is 1. The summed E-state index contributed by atoms with van der Waals surface area (Å²) in [4.78, 5) is 5.79. The van der Waals surface area contributed by atoms with Crippen molar-refractivity contribution in [1.29, 1.82) is 0 Å². The molecule has 2 nitrogen and oxygen atoms in total. The van der Waals surface area contributed by atoms with E-state index in [9.17, 15) is 0 Å². The van der Waals surface area contributed by atoms with Gasteiger partial charge in [0.05, 0.1) is 0 Å². The van der Waals surface area contributed by atoms with Crippen LogP contribution in [0.3, 0.4) is 0 Å². The summed E-state index contributed by atoms with van der Waals surface area (Å²) in [5.74, 6) is 0. The Hall–Kier alpha value is -1.32. The lowest BCUT2D eigenvalue weighted by Crippen LogP contribution is -2.05. The van der Waals surface area contributed by atoms with Crippen LogP contribution in [0.1, 0.15) is 16.7 Å². The number of nitrogens with zero attached hydrogens (tertiary/aromatic N) is 1. The number of rotatable bonds is 4. The highest BCUT2D eigenvalue weighted by Gasteiger charge is 2.04. The highest BCUT2D eigenvalue weighted by atomic mass is 32.2. The molecule has 0 aliphatic heterocycles. The lowest BCUT2D eigenvalue weighted by atomic mass is 10.2. The van der Waals surface area contributed by atoms with Crippen LogP contribution in [-0.4, -0.2) is 12.0 Å². The van der Waals surface area contributed by atoms with Crippen LogP contribution in [-0.2, 0) is 6.54 Å². The van der Waals surface area contributed by atoms with Gasteiger partial charge in [0, 0.05) is 17.6 Å². The zero-order valence-electron chi connectivity index (χ0n) is 11.0. The van der Waals surface area contributed by atoms with Crippen molar-refractivity contribution in [2.45, 2.75) is 30.3 Å². The fourth-order valence-corrected chi connectivity index (χ4v) is 2.76. The van der Waals surface area contributed by atoms with Crippen LogP contribution in [0.2, 0.25) is 0 Å². The lowest BCUT2D eigenvalue weighted by molar-refractivity contribution is 0.806. The van der Waals surface area contributed by atoms with E-state index >= 15 is 0 Å². The third-order valence-electron chi connectivity index (χ3n) is 2.67. The van der Waals surface area contributed by atoms with Crippen LogP contribution < -0.4 is 5.32 Å².